The Morgan fingerprint density at radius 2 is 2.67 bits per heavy atom. The third-order valence-corrected chi connectivity index (χ3v) is 2.35. The van der Waals surface area contributed by atoms with Gasteiger partial charge in [-0.25, -0.2) is 4.98 Å². The summed E-state index contributed by atoms with van der Waals surface area (Å²) in [5, 5.41) is 9.13. The molecule has 0 aliphatic carbocycles. The summed E-state index contributed by atoms with van der Waals surface area (Å²) in [4.78, 5) is 3.88. The van der Waals surface area contributed by atoms with Crippen LogP contribution in [0.25, 0.3) is 0 Å². The molecular weight excluding hydrogens is 174 g/mol. The first-order chi connectivity index (χ1) is 5.64. The zero-order valence-electron chi connectivity index (χ0n) is 6.65. The molecule has 0 saturated heterocycles. The molecule has 0 bridgehead atoms. The molecule has 0 fully saturated rings. The van der Waals surface area contributed by atoms with E-state index in [0.717, 1.165) is 0 Å². The zero-order valence-corrected chi connectivity index (χ0v) is 7.47. The fraction of sp³-hybridized carbons (Fsp3) is 0.429. The second kappa shape index (κ2) is 3.61. The Morgan fingerprint density at radius 3 is 3.17 bits per heavy atom. The molecule has 1 aromatic heterocycles. The molecule has 0 aliphatic heterocycles. The summed E-state index contributed by atoms with van der Waals surface area (Å²) in [6, 6.07) is 1.99. The molecule has 1 heterocycles. The normalized spacial score (nSPS) is 15.1. The minimum absolute atomic E-state index is 0.476. The van der Waals surface area contributed by atoms with Crippen LogP contribution in [0.3, 0.4) is 0 Å². The van der Waals surface area contributed by atoms with Crippen LogP contribution in [0.15, 0.2) is 22.1 Å². The molecule has 5 heteroatoms. The van der Waals surface area contributed by atoms with E-state index in [1.54, 1.807) is 13.1 Å². The molecule has 0 aliphatic rings. The average molecular weight is 183 g/mol. The third kappa shape index (κ3) is 2.57. The van der Waals surface area contributed by atoms with Gasteiger partial charge in [0.05, 0.1) is 12.3 Å². The van der Waals surface area contributed by atoms with Crippen molar-refractivity contribution in [1.82, 2.24) is 4.98 Å². The minimum atomic E-state index is -0.820. The minimum Gasteiger partial charge on any atom is -0.440 e. The number of thioether (sulfide) groups is 1. The first kappa shape index (κ1) is 9.10. The lowest BCUT2D eigenvalue weighted by Crippen LogP contribution is -2.36. The maximum Gasteiger partial charge on any atom is 0.255 e. The summed E-state index contributed by atoms with van der Waals surface area (Å²) in [6.45, 7) is 1.67. The summed E-state index contributed by atoms with van der Waals surface area (Å²) in [5.41, 5.74) is 4.76. The predicted octanol–water partition coefficient (Wildman–Crippen LogP) is 1.01. The van der Waals surface area contributed by atoms with Crippen molar-refractivity contribution in [3.63, 3.8) is 0 Å². The number of aromatic nitrogens is 1. The number of hydrogen-bond donors (Lipinski definition) is 1. The van der Waals surface area contributed by atoms with Gasteiger partial charge in [0.2, 0.25) is 0 Å². The van der Waals surface area contributed by atoms with Gasteiger partial charge in [0.1, 0.15) is 11.8 Å². The van der Waals surface area contributed by atoms with Gasteiger partial charge in [-0.3, -0.25) is 0 Å². The molecule has 1 rings (SSSR count). The van der Waals surface area contributed by atoms with Crippen LogP contribution in [-0.4, -0.2) is 16.3 Å². The Balaban J connectivity index is 2.42. The van der Waals surface area contributed by atoms with E-state index in [4.69, 9.17) is 15.4 Å². The quantitative estimate of drug-likeness (QED) is 0.708. The lowest BCUT2D eigenvalue weighted by molar-refractivity contribution is 0.453. The molecule has 0 amide bonds. The summed E-state index contributed by atoms with van der Waals surface area (Å²) < 4.78 is 4.96. The fourth-order valence-corrected chi connectivity index (χ4v) is 1.27. The highest BCUT2D eigenvalue weighted by molar-refractivity contribution is 7.99. The Hall–Kier alpha value is -0.990. The van der Waals surface area contributed by atoms with Gasteiger partial charge in [0.15, 0.2) is 0 Å². The molecule has 2 N–H and O–H groups in total. The highest BCUT2D eigenvalue weighted by Gasteiger charge is 2.18. The summed E-state index contributed by atoms with van der Waals surface area (Å²) in [7, 11) is 0. The number of oxazole rings is 1. The second-order valence-electron chi connectivity index (χ2n) is 2.62. The molecular formula is C7H9N3OS. The largest absolute Gasteiger partial charge is 0.440 e. The van der Waals surface area contributed by atoms with E-state index in [-0.39, 0.29) is 0 Å². The van der Waals surface area contributed by atoms with Crippen molar-refractivity contribution < 1.29 is 4.42 Å². The van der Waals surface area contributed by atoms with E-state index in [1.165, 1.54) is 18.0 Å². The summed E-state index contributed by atoms with van der Waals surface area (Å²) in [5.74, 6) is 0.476. The van der Waals surface area contributed by atoms with Crippen molar-refractivity contribution in [2.24, 2.45) is 5.73 Å². The monoisotopic (exact) mass is 183 g/mol. The SMILES string of the molecule is CC(N)(C#N)CSc1ncco1. The molecule has 4 nitrogen and oxygen atoms in total. The average Bonchev–Trinajstić information content (AvgIpc) is 2.53. The highest BCUT2D eigenvalue weighted by Crippen LogP contribution is 2.18. The Kier molecular flexibility index (Phi) is 2.74. The molecule has 0 saturated carbocycles. The third-order valence-electron chi connectivity index (χ3n) is 1.16. The predicted molar refractivity (Wildman–Crippen MR) is 45.4 cm³/mol. The molecule has 64 valence electrons. The van der Waals surface area contributed by atoms with Crippen molar-refractivity contribution in [1.29, 1.82) is 5.26 Å². The topological polar surface area (TPSA) is 75.8 Å². The maximum atomic E-state index is 8.58. The van der Waals surface area contributed by atoms with E-state index < -0.39 is 5.54 Å². The highest BCUT2D eigenvalue weighted by atomic mass is 32.2. The van der Waals surface area contributed by atoms with Crippen molar-refractivity contribution in [2.45, 2.75) is 17.7 Å². The summed E-state index contributed by atoms with van der Waals surface area (Å²) >= 11 is 1.33. The molecule has 1 atom stereocenters. The standard InChI is InChI=1S/C7H9N3OS/c1-7(9,4-8)5-12-6-10-2-3-11-6/h2-3H,5,9H2,1H3. The number of hydrogen-bond acceptors (Lipinski definition) is 5. The van der Waals surface area contributed by atoms with Crippen LogP contribution >= 0.6 is 11.8 Å². The van der Waals surface area contributed by atoms with Crippen LogP contribution in [0.2, 0.25) is 0 Å². The maximum absolute atomic E-state index is 8.58. The van der Waals surface area contributed by atoms with Gasteiger partial charge in [0, 0.05) is 5.75 Å². The van der Waals surface area contributed by atoms with E-state index in [9.17, 15) is 0 Å². The van der Waals surface area contributed by atoms with Crippen molar-refractivity contribution in [2.75, 3.05) is 5.75 Å². The van der Waals surface area contributed by atoms with Crippen LogP contribution in [0.5, 0.6) is 0 Å². The van der Waals surface area contributed by atoms with Gasteiger partial charge in [-0.15, -0.1) is 0 Å². The van der Waals surface area contributed by atoms with Crippen molar-refractivity contribution in [3.8, 4) is 6.07 Å². The van der Waals surface area contributed by atoms with Gasteiger partial charge in [-0.1, -0.05) is 11.8 Å². The molecule has 0 radical (unpaired) electrons. The summed E-state index contributed by atoms with van der Waals surface area (Å²) in [6.07, 6.45) is 3.05. The van der Waals surface area contributed by atoms with E-state index in [2.05, 4.69) is 4.98 Å². The number of nitrogens with zero attached hydrogens (tertiary/aromatic N) is 2. The smallest absolute Gasteiger partial charge is 0.255 e. The van der Waals surface area contributed by atoms with E-state index >= 15 is 0 Å². The zero-order chi connectivity index (χ0) is 9.03. The van der Waals surface area contributed by atoms with E-state index in [0.29, 0.717) is 11.0 Å². The van der Waals surface area contributed by atoms with Crippen LogP contribution in [0.4, 0.5) is 0 Å². The van der Waals surface area contributed by atoms with Crippen LogP contribution in [-0.2, 0) is 0 Å². The molecule has 12 heavy (non-hydrogen) atoms. The molecule has 1 unspecified atom stereocenters. The lowest BCUT2D eigenvalue weighted by Gasteiger charge is -2.11. The number of nitriles is 1. The lowest BCUT2D eigenvalue weighted by atomic mass is 10.1. The Morgan fingerprint density at radius 1 is 1.92 bits per heavy atom. The van der Waals surface area contributed by atoms with Crippen molar-refractivity contribution >= 4 is 11.8 Å². The Labute approximate surface area is 74.8 Å². The van der Waals surface area contributed by atoms with Crippen LogP contribution in [0.1, 0.15) is 6.92 Å². The van der Waals surface area contributed by atoms with Crippen LogP contribution in [0, 0.1) is 11.3 Å². The van der Waals surface area contributed by atoms with Crippen molar-refractivity contribution in [3.05, 3.63) is 12.5 Å². The first-order valence-corrected chi connectivity index (χ1v) is 4.35. The molecule has 0 aromatic carbocycles. The van der Waals surface area contributed by atoms with E-state index in [1.807, 2.05) is 6.07 Å². The van der Waals surface area contributed by atoms with Gasteiger partial charge in [-0.05, 0) is 6.92 Å². The van der Waals surface area contributed by atoms with Crippen LogP contribution < -0.4 is 5.73 Å². The second-order valence-corrected chi connectivity index (χ2v) is 3.54. The van der Waals surface area contributed by atoms with Gasteiger partial charge in [-0.2, -0.15) is 5.26 Å². The van der Waals surface area contributed by atoms with Gasteiger partial charge < -0.3 is 10.2 Å². The van der Waals surface area contributed by atoms with Gasteiger partial charge in [0.25, 0.3) is 5.22 Å². The first-order valence-electron chi connectivity index (χ1n) is 3.36. The number of nitrogens with two attached hydrogens (primary N) is 1. The van der Waals surface area contributed by atoms with Gasteiger partial charge >= 0.3 is 0 Å². The Bertz CT molecular complexity index is 275. The molecule has 0 spiro atoms. The number of rotatable bonds is 3. The fourth-order valence-electron chi connectivity index (χ4n) is 0.526. The molecule has 1 aromatic rings.